The van der Waals surface area contributed by atoms with E-state index in [1.807, 2.05) is 6.07 Å². The second-order valence-corrected chi connectivity index (χ2v) is 10.3. The number of hydrogen-bond acceptors (Lipinski definition) is 5. The fraction of sp³-hybridized carbons (Fsp3) is 0.476. The second kappa shape index (κ2) is 7.83. The van der Waals surface area contributed by atoms with Crippen LogP contribution in [-0.4, -0.2) is 76.7 Å². The number of carbonyl (C=O) groups is 1. The lowest BCUT2D eigenvalue weighted by Crippen LogP contribution is -2.51. The summed E-state index contributed by atoms with van der Waals surface area (Å²) < 4.78 is 42.0. The molecule has 8 nitrogen and oxygen atoms in total. The fourth-order valence-electron chi connectivity index (χ4n) is 3.94. The van der Waals surface area contributed by atoms with Crippen molar-refractivity contribution in [2.45, 2.75) is 23.3 Å². The highest BCUT2D eigenvalue weighted by Gasteiger charge is 2.46. The maximum atomic E-state index is 13.3. The number of anilines is 2. The number of alkyl halides is 1. The number of amides is 2. The molecule has 31 heavy (non-hydrogen) atoms. The smallest absolute Gasteiger partial charge is 0.319 e. The number of carbonyl (C=O) groups excluding carboxylic acids is 1. The fourth-order valence-corrected chi connectivity index (χ4v) is 5.43. The molecule has 2 fully saturated rings. The monoisotopic (exact) mass is 449 g/mol. The number of piperazine rings is 1. The first kappa shape index (κ1) is 21.6. The third-order valence-electron chi connectivity index (χ3n) is 5.97. The standard InChI is InChI=1S/C21H28FN5O3S/c1-25(2)20(28)27-9-7-26(8-10-27)19-13-17(12-15-11-16(23)3-4-18(15)19)31(29,30)24-21(14-22)5-6-21/h3-4,11-13,24H,5-10,14,23H2,1-2H3. The number of halogens is 1. The molecule has 0 atom stereocenters. The molecule has 0 bridgehead atoms. The topological polar surface area (TPSA) is 99.0 Å². The molecular weight excluding hydrogens is 421 g/mol. The number of benzene rings is 2. The summed E-state index contributed by atoms with van der Waals surface area (Å²) in [6.45, 7) is 1.50. The van der Waals surface area contributed by atoms with Crippen LogP contribution in [0.1, 0.15) is 12.8 Å². The van der Waals surface area contributed by atoms with Gasteiger partial charge in [0.15, 0.2) is 0 Å². The third-order valence-corrected chi connectivity index (χ3v) is 7.53. The molecular formula is C21H28FN5O3S. The Balaban J connectivity index is 1.69. The number of sulfonamides is 1. The maximum Gasteiger partial charge on any atom is 0.319 e. The molecule has 4 rings (SSSR count). The van der Waals surface area contributed by atoms with Gasteiger partial charge in [-0.15, -0.1) is 0 Å². The van der Waals surface area contributed by atoms with Crippen LogP contribution in [0, 0.1) is 0 Å². The van der Waals surface area contributed by atoms with E-state index >= 15 is 0 Å². The van der Waals surface area contributed by atoms with Crippen molar-refractivity contribution < 1.29 is 17.6 Å². The van der Waals surface area contributed by atoms with Gasteiger partial charge < -0.3 is 20.4 Å². The normalized spacial score (nSPS) is 18.3. The largest absolute Gasteiger partial charge is 0.399 e. The quantitative estimate of drug-likeness (QED) is 0.681. The van der Waals surface area contributed by atoms with Crippen molar-refractivity contribution in [3.63, 3.8) is 0 Å². The van der Waals surface area contributed by atoms with Gasteiger partial charge >= 0.3 is 6.03 Å². The van der Waals surface area contributed by atoms with Gasteiger partial charge in [-0.2, -0.15) is 0 Å². The van der Waals surface area contributed by atoms with Crippen LogP contribution in [0.25, 0.3) is 10.8 Å². The summed E-state index contributed by atoms with van der Waals surface area (Å²) in [5.74, 6) is 0. The first-order chi connectivity index (χ1) is 14.6. The summed E-state index contributed by atoms with van der Waals surface area (Å²) in [5.41, 5.74) is 6.27. The molecule has 0 unspecified atom stereocenters. The Hall–Kier alpha value is -2.59. The van der Waals surface area contributed by atoms with E-state index < -0.39 is 22.2 Å². The minimum absolute atomic E-state index is 0.0428. The van der Waals surface area contributed by atoms with Crippen molar-refractivity contribution in [2.75, 3.05) is 57.6 Å². The molecule has 1 heterocycles. The summed E-state index contributed by atoms with van der Waals surface area (Å²) >= 11 is 0. The van der Waals surface area contributed by atoms with Crippen molar-refractivity contribution in [3.05, 3.63) is 30.3 Å². The van der Waals surface area contributed by atoms with Crippen LogP contribution in [0.3, 0.4) is 0 Å². The lowest BCUT2D eigenvalue weighted by atomic mass is 10.1. The van der Waals surface area contributed by atoms with Gasteiger partial charge in [0.2, 0.25) is 10.0 Å². The van der Waals surface area contributed by atoms with Gasteiger partial charge in [0.05, 0.1) is 10.4 Å². The summed E-state index contributed by atoms with van der Waals surface area (Å²) in [5, 5.41) is 1.59. The molecule has 168 valence electrons. The van der Waals surface area contributed by atoms with Crippen molar-refractivity contribution in [3.8, 4) is 0 Å². The van der Waals surface area contributed by atoms with E-state index in [4.69, 9.17) is 5.73 Å². The van der Waals surface area contributed by atoms with Crippen LogP contribution in [0.4, 0.5) is 20.6 Å². The second-order valence-electron chi connectivity index (χ2n) is 8.59. The minimum Gasteiger partial charge on any atom is -0.399 e. The van der Waals surface area contributed by atoms with E-state index in [1.54, 1.807) is 48.2 Å². The highest BCUT2D eigenvalue weighted by molar-refractivity contribution is 7.89. The summed E-state index contributed by atoms with van der Waals surface area (Å²) in [7, 11) is -0.457. The molecule has 2 amide bonds. The Morgan fingerprint density at radius 1 is 1.16 bits per heavy atom. The zero-order chi connectivity index (χ0) is 22.4. The zero-order valence-electron chi connectivity index (χ0n) is 17.8. The molecule has 2 aromatic rings. The average Bonchev–Trinajstić information content (AvgIpc) is 3.51. The molecule has 3 N–H and O–H groups in total. The van der Waals surface area contributed by atoms with Crippen LogP contribution in [0.15, 0.2) is 35.2 Å². The minimum atomic E-state index is -3.90. The van der Waals surface area contributed by atoms with Crippen molar-refractivity contribution in [1.29, 1.82) is 0 Å². The predicted octanol–water partition coefficient (Wildman–Crippen LogP) is 2.01. The number of hydrogen-bond donors (Lipinski definition) is 2. The lowest BCUT2D eigenvalue weighted by molar-refractivity contribution is 0.168. The summed E-state index contributed by atoms with van der Waals surface area (Å²) in [4.78, 5) is 17.7. The van der Waals surface area contributed by atoms with E-state index in [1.165, 1.54) is 0 Å². The van der Waals surface area contributed by atoms with E-state index in [9.17, 15) is 17.6 Å². The Labute approximate surface area is 181 Å². The van der Waals surface area contributed by atoms with Crippen molar-refractivity contribution >= 4 is 38.2 Å². The van der Waals surface area contributed by atoms with Gasteiger partial charge in [-0.05, 0) is 42.5 Å². The lowest BCUT2D eigenvalue weighted by Gasteiger charge is -2.37. The maximum absolute atomic E-state index is 13.3. The Morgan fingerprint density at radius 3 is 2.42 bits per heavy atom. The van der Waals surface area contributed by atoms with Gasteiger partial charge in [-0.1, -0.05) is 6.07 Å². The first-order valence-electron chi connectivity index (χ1n) is 10.3. The van der Waals surface area contributed by atoms with Gasteiger partial charge in [0.25, 0.3) is 0 Å². The number of nitrogens with zero attached hydrogens (tertiary/aromatic N) is 3. The highest BCUT2D eigenvalue weighted by Crippen LogP contribution is 2.38. The number of rotatable bonds is 5. The van der Waals surface area contributed by atoms with Gasteiger partial charge in [0.1, 0.15) is 6.67 Å². The Morgan fingerprint density at radius 2 is 1.84 bits per heavy atom. The van der Waals surface area contributed by atoms with Crippen LogP contribution < -0.4 is 15.4 Å². The highest BCUT2D eigenvalue weighted by atomic mass is 32.2. The average molecular weight is 450 g/mol. The van der Waals surface area contributed by atoms with E-state index in [0.717, 1.165) is 11.1 Å². The van der Waals surface area contributed by atoms with Crippen LogP contribution in [0.5, 0.6) is 0 Å². The van der Waals surface area contributed by atoms with Crippen LogP contribution in [-0.2, 0) is 10.0 Å². The molecule has 0 spiro atoms. The predicted molar refractivity (Wildman–Crippen MR) is 119 cm³/mol. The van der Waals surface area contributed by atoms with E-state index in [-0.39, 0.29) is 10.9 Å². The summed E-state index contributed by atoms with van der Waals surface area (Å²) in [6.07, 6.45) is 0.996. The number of urea groups is 1. The van der Waals surface area contributed by atoms with Crippen molar-refractivity contribution in [1.82, 2.24) is 14.5 Å². The molecule has 0 aromatic heterocycles. The Bertz CT molecular complexity index is 1110. The van der Waals surface area contributed by atoms with Gasteiger partial charge in [-0.25, -0.2) is 22.3 Å². The zero-order valence-corrected chi connectivity index (χ0v) is 18.6. The number of fused-ring (bicyclic) bond motifs is 1. The number of nitrogens with one attached hydrogen (secondary N) is 1. The SMILES string of the molecule is CN(C)C(=O)N1CCN(c2cc(S(=O)(=O)NC3(CF)CC3)cc3cc(N)ccc23)CC1. The molecule has 2 aliphatic rings. The first-order valence-corrected chi connectivity index (χ1v) is 11.8. The van der Waals surface area contributed by atoms with E-state index in [2.05, 4.69) is 9.62 Å². The molecule has 10 heteroatoms. The van der Waals surface area contributed by atoms with E-state index in [0.29, 0.717) is 50.1 Å². The van der Waals surface area contributed by atoms with Crippen LogP contribution in [0.2, 0.25) is 0 Å². The van der Waals surface area contributed by atoms with Gasteiger partial charge in [0, 0.05) is 57.0 Å². The van der Waals surface area contributed by atoms with Crippen LogP contribution >= 0.6 is 0 Å². The molecule has 1 saturated carbocycles. The van der Waals surface area contributed by atoms with Crippen molar-refractivity contribution in [2.24, 2.45) is 0 Å². The van der Waals surface area contributed by atoms with Gasteiger partial charge in [-0.3, -0.25) is 0 Å². The molecule has 1 aliphatic heterocycles. The third kappa shape index (κ3) is 4.27. The molecule has 1 aliphatic carbocycles. The summed E-state index contributed by atoms with van der Waals surface area (Å²) in [6, 6.07) is 8.58. The number of nitrogen functional groups attached to an aromatic ring is 1. The molecule has 2 aromatic carbocycles. The number of nitrogens with two attached hydrogens (primary N) is 1. The molecule has 0 radical (unpaired) electrons. The Kier molecular flexibility index (Phi) is 5.47. The molecule has 1 saturated heterocycles.